The minimum Gasteiger partial charge on any atom is -0.381 e. The van der Waals surface area contributed by atoms with Crippen LogP contribution in [0.25, 0.3) is 0 Å². The van der Waals surface area contributed by atoms with E-state index in [1.54, 1.807) is 0 Å². The average molecular weight is 599 g/mol. The summed E-state index contributed by atoms with van der Waals surface area (Å²) in [6.45, 7) is 0.856. The van der Waals surface area contributed by atoms with Crippen LogP contribution in [0.15, 0.2) is 47.4 Å². The third kappa shape index (κ3) is 5.63. The van der Waals surface area contributed by atoms with E-state index in [-0.39, 0.29) is 36.6 Å². The van der Waals surface area contributed by atoms with Gasteiger partial charge < -0.3 is 15.2 Å². The Morgan fingerprint density at radius 2 is 1.57 bits per heavy atom. The molecule has 1 atom stereocenters. The zero-order valence-electron chi connectivity index (χ0n) is 20.7. The first kappa shape index (κ1) is 30.1. The molecule has 40 heavy (non-hydrogen) atoms. The Kier molecular flexibility index (Phi) is 8.13. The highest BCUT2D eigenvalue weighted by molar-refractivity contribution is 7.92. The van der Waals surface area contributed by atoms with Crippen LogP contribution in [-0.2, 0) is 31.6 Å². The number of ether oxygens (including phenoxy) is 1. The summed E-state index contributed by atoms with van der Waals surface area (Å²) in [7, 11) is -4.57. The number of anilines is 1. The molecule has 1 amide bonds. The lowest BCUT2D eigenvalue weighted by molar-refractivity contribution is -0.376. The van der Waals surface area contributed by atoms with Gasteiger partial charge in [-0.15, -0.1) is 0 Å². The summed E-state index contributed by atoms with van der Waals surface area (Å²) in [5, 5.41) is 12.6. The van der Waals surface area contributed by atoms with Gasteiger partial charge in [0.15, 0.2) is 0 Å². The lowest BCUT2D eigenvalue weighted by Crippen LogP contribution is -2.54. The Morgan fingerprint density at radius 3 is 2.15 bits per heavy atom. The number of alkyl halides is 6. The van der Waals surface area contributed by atoms with E-state index in [0.717, 1.165) is 34.6 Å². The molecule has 0 aromatic heterocycles. The number of fused-ring (bicyclic) bond motifs is 1. The van der Waals surface area contributed by atoms with Crippen molar-refractivity contribution in [1.29, 1.82) is 0 Å². The monoisotopic (exact) mass is 598 g/mol. The van der Waals surface area contributed by atoms with Gasteiger partial charge in [0.05, 0.1) is 16.6 Å². The van der Waals surface area contributed by atoms with Gasteiger partial charge in [0.2, 0.25) is 5.91 Å². The Bertz CT molecular complexity index is 1330. The number of carbonyl (C=O) groups excluding carboxylic acids is 1. The summed E-state index contributed by atoms with van der Waals surface area (Å²) in [6.07, 6.45) is -11.8. The molecule has 4 rings (SSSR count). The van der Waals surface area contributed by atoms with Gasteiger partial charge in [0.1, 0.15) is 5.82 Å². The number of carbonyl (C=O) groups is 1. The van der Waals surface area contributed by atoms with Crippen molar-refractivity contribution in [3.63, 3.8) is 0 Å². The van der Waals surface area contributed by atoms with Gasteiger partial charge in [-0.25, -0.2) is 12.8 Å². The van der Waals surface area contributed by atoms with E-state index in [9.17, 15) is 49.1 Å². The number of halogens is 7. The lowest BCUT2D eigenvalue weighted by atomic mass is 9.87. The molecule has 2 N–H and O–H groups in total. The van der Waals surface area contributed by atoms with Gasteiger partial charge in [0.25, 0.3) is 15.6 Å². The zero-order valence-corrected chi connectivity index (χ0v) is 21.5. The molecule has 0 unspecified atom stereocenters. The molecule has 7 nitrogen and oxygen atoms in total. The molecule has 0 bridgehead atoms. The number of aliphatic hydroxyl groups is 1. The standard InChI is InChI=1S/C25H25F7N2O5S/c26-17-3-6-20(7-4-17)40(37,38)34-19(14-22(35)33-18-9-11-39-12-10-18)5-1-15-13-16(2-8-21(15)34)23(36,24(27,28)29)25(30,31)32/h2-4,6-8,13,18-19,36H,1,5,9-12,14H2,(H,33,35)/t19-/m0/s1. The fourth-order valence-corrected chi connectivity index (χ4v) is 6.64. The molecule has 0 aliphatic carbocycles. The summed E-state index contributed by atoms with van der Waals surface area (Å²) < 4.78 is 128. The summed E-state index contributed by atoms with van der Waals surface area (Å²) in [5.41, 5.74) is -7.19. The number of nitrogens with zero attached hydrogens (tertiary/aromatic N) is 1. The molecule has 0 spiro atoms. The number of aryl methyl sites for hydroxylation is 1. The van der Waals surface area contributed by atoms with Crippen LogP contribution < -0.4 is 9.62 Å². The van der Waals surface area contributed by atoms with E-state index in [2.05, 4.69) is 5.32 Å². The van der Waals surface area contributed by atoms with Gasteiger partial charge in [-0.05, 0) is 61.6 Å². The van der Waals surface area contributed by atoms with Crippen LogP contribution in [0.5, 0.6) is 0 Å². The number of nitrogens with one attached hydrogen (secondary N) is 1. The molecule has 2 aromatic rings. The van der Waals surface area contributed by atoms with Crippen molar-refractivity contribution in [1.82, 2.24) is 5.32 Å². The van der Waals surface area contributed by atoms with Gasteiger partial charge in [-0.3, -0.25) is 9.10 Å². The quantitative estimate of drug-likeness (QED) is 0.483. The molecule has 2 heterocycles. The van der Waals surface area contributed by atoms with Gasteiger partial charge >= 0.3 is 12.4 Å². The van der Waals surface area contributed by atoms with Crippen molar-refractivity contribution in [3.05, 3.63) is 59.4 Å². The van der Waals surface area contributed by atoms with Crippen LogP contribution in [-0.4, -0.2) is 57.1 Å². The van der Waals surface area contributed by atoms with Crippen molar-refractivity contribution in [2.45, 2.75) is 67.0 Å². The Labute approximate surface area is 225 Å². The minimum atomic E-state index is -6.13. The van der Waals surface area contributed by atoms with E-state index in [1.165, 1.54) is 0 Å². The molecule has 15 heteroatoms. The fraction of sp³-hybridized carbons (Fsp3) is 0.480. The highest BCUT2D eigenvalue weighted by Gasteiger charge is 2.71. The van der Waals surface area contributed by atoms with Crippen molar-refractivity contribution >= 4 is 21.6 Å². The first-order valence-electron chi connectivity index (χ1n) is 12.2. The zero-order chi connectivity index (χ0) is 29.5. The van der Waals surface area contributed by atoms with E-state index in [0.29, 0.717) is 38.2 Å². The fourth-order valence-electron chi connectivity index (χ4n) is 4.92. The van der Waals surface area contributed by atoms with E-state index < -0.39 is 56.2 Å². The molecule has 1 saturated heterocycles. The molecular formula is C25H25F7N2O5S. The van der Waals surface area contributed by atoms with Crippen molar-refractivity contribution in [2.75, 3.05) is 17.5 Å². The Balaban J connectivity index is 1.76. The first-order chi connectivity index (χ1) is 18.6. The molecule has 1 fully saturated rings. The Morgan fingerprint density at radius 1 is 0.975 bits per heavy atom. The first-order valence-corrected chi connectivity index (χ1v) is 13.7. The predicted molar refractivity (Wildman–Crippen MR) is 127 cm³/mol. The smallest absolute Gasteiger partial charge is 0.381 e. The summed E-state index contributed by atoms with van der Waals surface area (Å²) in [5.74, 6) is -1.24. The predicted octanol–water partition coefficient (Wildman–Crippen LogP) is 4.33. The van der Waals surface area contributed by atoms with E-state index >= 15 is 0 Å². The van der Waals surface area contributed by atoms with Crippen LogP contribution in [0.3, 0.4) is 0 Å². The largest absolute Gasteiger partial charge is 0.430 e. The average Bonchev–Trinajstić information content (AvgIpc) is 2.87. The number of sulfonamides is 1. The second-order valence-corrected chi connectivity index (χ2v) is 11.5. The molecule has 2 aromatic carbocycles. The van der Waals surface area contributed by atoms with Crippen molar-refractivity contribution < 1.29 is 53.8 Å². The molecule has 0 saturated carbocycles. The minimum absolute atomic E-state index is 0.130. The number of hydrogen-bond acceptors (Lipinski definition) is 5. The third-order valence-electron chi connectivity index (χ3n) is 7.01. The SMILES string of the molecule is O=C(C[C@@H]1CCc2cc(C(O)(C(F)(F)F)C(F)(F)F)ccc2N1S(=O)(=O)c1ccc(F)cc1)NC1CCOCC1. The molecule has 2 aliphatic heterocycles. The van der Waals surface area contributed by atoms with Gasteiger partial charge in [-0.2, -0.15) is 26.3 Å². The van der Waals surface area contributed by atoms with Crippen LogP contribution in [0, 0.1) is 5.82 Å². The highest BCUT2D eigenvalue weighted by atomic mass is 32.2. The second kappa shape index (κ2) is 10.8. The van der Waals surface area contributed by atoms with Crippen LogP contribution in [0.2, 0.25) is 0 Å². The summed E-state index contributed by atoms with van der Waals surface area (Å²) in [4.78, 5) is 12.4. The number of hydrogen-bond donors (Lipinski definition) is 2. The second-order valence-electron chi connectivity index (χ2n) is 9.65. The van der Waals surface area contributed by atoms with Crippen molar-refractivity contribution in [2.24, 2.45) is 0 Å². The van der Waals surface area contributed by atoms with Gasteiger partial charge in [-0.1, -0.05) is 12.1 Å². The normalized spacial score (nSPS) is 19.3. The number of benzene rings is 2. The lowest BCUT2D eigenvalue weighted by Gasteiger charge is -2.39. The molecule has 0 radical (unpaired) electrons. The van der Waals surface area contributed by atoms with Gasteiger partial charge in [0, 0.05) is 31.2 Å². The Hall–Kier alpha value is -2.91. The van der Waals surface area contributed by atoms with Crippen LogP contribution >= 0.6 is 0 Å². The summed E-state index contributed by atoms with van der Waals surface area (Å²) in [6, 6.07) is 3.98. The maximum absolute atomic E-state index is 13.7. The maximum atomic E-state index is 13.7. The maximum Gasteiger partial charge on any atom is 0.430 e. The van der Waals surface area contributed by atoms with Crippen molar-refractivity contribution in [3.8, 4) is 0 Å². The molecular weight excluding hydrogens is 573 g/mol. The molecule has 220 valence electrons. The number of rotatable bonds is 6. The van der Waals surface area contributed by atoms with E-state index in [4.69, 9.17) is 4.74 Å². The van der Waals surface area contributed by atoms with Crippen LogP contribution in [0.1, 0.15) is 36.8 Å². The highest BCUT2D eigenvalue weighted by Crippen LogP contribution is 2.51. The third-order valence-corrected chi connectivity index (χ3v) is 8.89. The van der Waals surface area contributed by atoms with E-state index in [1.807, 2.05) is 0 Å². The molecule has 2 aliphatic rings. The topological polar surface area (TPSA) is 95.9 Å². The number of amides is 1. The summed E-state index contributed by atoms with van der Waals surface area (Å²) >= 11 is 0. The van der Waals surface area contributed by atoms with Crippen LogP contribution in [0.4, 0.5) is 36.4 Å².